The Balaban J connectivity index is 1.72. The van der Waals surface area contributed by atoms with E-state index in [4.69, 9.17) is 0 Å². The standard InChI is InChI=1S/C20H15FN4O2S/c1-11-4-3-5-12(2)15(11)25-10-22-17-16(19(25)27)28-20(23-17)24-18(26)13-6-8-14(21)9-7-13/h3-10H,1-2H3,(H,23,24,26). The number of aryl methyl sites for hydroxylation is 2. The van der Waals surface area contributed by atoms with Crippen molar-refractivity contribution < 1.29 is 9.18 Å². The van der Waals surface area contributed by atoms with Crippen LogP contribution in [0.1, 0.15) is 21.5 Å². The number of rotatable bonds is 3. The lowest BCUT2D eigenvalue weighted by Crippen LogP contribution is -2.19. The summed E-state index contributed by atoms with van der Waals surface area (Å²) < 4.78 is 14.9. The maximum atomic E-state index is 13.0. The average Bonchev–Trinajstić information content (AvgIpc) is 3.07. The molecule has 0 bridgehead atoms. The highest BCUT2D eigenvalue weighted by molar-refractivity contribution is 7.22. The normalized spacial score (nSPS) is 11.0. The Hall–Kier alpha value is -3.39. The summed E-state index contributed by atoms with van der Waals surface area (Å²) in [6.07, 6.45) is 1.45. The van der Waals surface area contributed by atoms with Crippen LogP contribution in [0.15, 0.2) is 53.6 Å². The van der Waals surface area contributed by atoms with Crippen LogP contribution >= 0.6 is 11.3 Å². The van der Waals surface area contributed by atoms with Gasteiger partial charge in [0.25, 0.3) is 11.5 Å². The maximum absolute atomic E-state index is 13.0. The van der Waals surface area contributed by atoms with Crippen LogP contribution in [0.25, 0.3) is 16.0 Å². The number of benzene rings is 2. The van der Waals surface area contributed by atoms with E-state index in [1.807, 2.05) is 32.0 Å². The Labute approximate surface area is 163 Å². The Kier molecular flexibility index (Phi) is 4.48. The van der Waals surface area contributed by atoms with Crippen molar-refractivity contribution in [2.75, 3.05) is 5.32 Å². The van der Waals surface area contributed by atoms with E-state index >= 15 is 0 Å². The molecule has 0 fully saturated rings. The van der Waals surface area contributed by atoms with Crippen LogP contribution in [0.2, 0.25) is 0 Å². The molecule has 0 aliphatic rings. The second-order valence-corrected chi connectivity index (χ2v) is 7.29. The zero-order valence-corrected chi connectivity index (χ0v) is 15.9. The predicted octanol–water partition coefficient (Wildman–Crippen LogP) is 3.85. The highest BCUT2D eigenvalue weighted by Gasteiger charge is 2.16. The van der Waals surface area contributed by atoms with E-state index < -0.39 is 11.7 Å². The molecule has 0 radical (unpaired) electrons. The minimum atomic E-state index is -0.436. The lowest BCUT2D eigenvalue weighted by molar-refractivity contribution is 0.102. The van der Waals surface area contributed by atoms with Crippen molar-refractivity contribution in [3.05, 3.63) is 81.7 Å². The highest BCUT2D eigenvalue weighted by Crippen LogP contribution is 2.24. The third-order valence-electron chi connectivity index (χ3n) is 4.33. The summed E-state index contributed by atoms with van der Waals surface area (Å²) in [5.41, 5.74) is 3.01. The fourth-order valence-electron chi connectivity index (χ4n) is 2.98. The zero-order valence-electron chi connectivity index (χ0n) is 15.1. The first-order valence-electron chi connectivity index (χ1n) is 8.46. The lowest BCUT2D eigenvalue weighted by Gasteiger charge is -2.11. The monoisotopic (exact) mass is 394 g/mol. The van der Waals surface area contributed by atoms with Crippen molar-refractivity contribution in [2.24, 2.45) is 0 Å². The Morgan fingerprint density at radius 1 is 1.11 bits per heavy atom. The van der Waals surface area contributed by atoms with Gasteiger partial charge in [-0.1, -0.05) is 29.5 Å². The van der Waals surface area contributed by atoms with E-state index in [2.05, 4.69) is 15.3 Å². The van der Waals surface area contributed by atoms with E-state index in [0.29, 0.717) is 10.3 Å². The summed E-state index contributed by atoms with van der Waals surface area (Å²) in [5, 5.41) is 2.89. The fourth-order valence-corrected chi connectivity index (χ4v) is 3.83. The third kappa shape index (κ3) is 3.18. The van der Waals surface area contributed by atoms with Gasteiger partial charge in [0.1, 0.15) is 16.8 Å². The molecule has 1 amide bonds. The Morgan fingerprint density at radius 3 is 2.46 bits per heavy atom. The highest BCUT2D eigenvalue weighted by atomic mass is 32.1. The number of anilines is 1. The summed E-state index contributed by atoms with van der Waals surface area (Å²) in [6.45, 7) is 3.86. The first-order valence-corrected chi connectivity index (χ1v) is 9.27. The van der Waals surface area contributed by atoms with Crippen LogP contribution in [0.3, 0.4) is 0 Å². The molecular weight excluding hydrogens is 379 g/mol. The van der Waals surface area contributed by atoms with Crippen molar-refractivity contribution in [2.45, 2.75) is 13.8 Å². The molecule has 2 aromatic carbocycles. The van der Waals surface area contributed by atoms with Gasteiger partial charge in [-0.15, -0.1) is 0 Å². The van der Waals surface area contributed by atoms with Crippen LogP contribution in [0, 0.1) is 19.7 Å². The molecule has 6 nitrogen and oxygen atoms in total. The number of aromatic nitrogens is 3. The van der Waals surface area contributed by atoms with Gasteiger partial charge in [-0.25, -0.2) is 9.37 Å². The van der Waals surface area contributed by atoms with Crippen LogP contribution in [-0.4, -0.2) is 20.4 Å². The molecule has 140 valence electrons. The van der Waals surface area contributed by atoms with Gasteiger partial charge in [0, 0.05) is 5.56 Å². The molecule has 2 aromatic heterocycles. The number of hydrogen-bond donors (Lipinski definition) is 1. The van der Waals surface area contributed by atoms with Crippen LogP contribution in [0.5, 0.6) is 0 Å². The number of hydrogen-bond acceptors (Lipinski definition) is 5. The number of nitrogens with one attached hydrogen (secondary N) is 1. The van der Waals surface area contributed by atoms with Gasteiger partial charge < -0.3 is 0 Å². The summed E-state index contributed by atoms with van der Waals surface area (Å²) in [4.78, 5) is 33.8. The molecular formula is C20H15FN4O2S. The minimum absolute atomic E-state index is 0.248. The third-order valence-corrected chi connectivity index (χ3v) is 5.27. The topological polar surface area (TPSA) is 76.9 Å². The molecule has 0 atom stereocenters. The number of carbonyl (C=O) groups is 1. The SMILES string of the molecule is Cc1cccc(C)c1-n1cnc2nc(NC(=O)c3ccc(F)cc3)sc2c1=O. The first kappa shape index (κ1) is 18.0. The molecule has 0 saturated heterocycles. The van der Waals surface area contributed by atoms with Gasteiger partial charge in [-0.3, -0.25) is 19.5 Å². The van der Waals surface area contributed by atoms with E-state index in [-0.39, 0.29) is 16.3 Å². The molecule has 0 spiro atoms. The van der Waals surface area contributed by atoms with Gasteiger partial charge in [0.15, 0.2) is 10.8 Å². The minimum Gasteiger partial charge on any atom is -0.298 e. The van der Waals surface area contributed by atoms with E-state index in [1.165, 1.54) is 35.2 Å². The molecule has 4 rings (SSSR count). The Morgan fingerprint density at radius 2 is 1.79 bits per heavy atom. The van der Waals surface area contributed by atoms with Gasteiger partial charge in [0.2, 0.25) is 0 Å². The van der Waals surface area contributed by atoms with Crippen molar-refractivity contribution >= 4 is 32.7 Å². The van der Waals surface area contributed by atoms with Gasteiger partial charge in [-0.2, -0.15) is 4.98 Å². The second kappa shape index (κ2) is 6.97. The maximum Gasteiger partial charge on any atom is 0.277 e. The lowest BCUT2D eigenvalue weighted by atomic mass is 10.1. The van der Waals surface area contributed by atoms with E-state index in [9.17, 15) is 14.0 Å². The number of halogens is 1. The summed E-state index contributed by atoms with van der Waals surface area (Å²) in [5.74, 6) is -0.859. The predicted molar refractivity (Wildman–Crippen MR) is 107 cm³/mol. The van der Waals surface area contributed by atoms with Crippen LogP contribution in [0.4, 0.5) is 9.52 Å². The van der Waals surface area contributed by atoms with Crippen molar-refractivity contribution in [1.82, 2.24) is 14.5 Å². The summed E-state index contributed by atoms with van der Waals surface area (Å²) in [6, 6.07) is 11.0. The molecule has 2 heterocycles. The molecule has 28 heavy (non-hydrogen) atoms. The number of carbonyl (C=O) groups excluding carboxylic acids is 1. The average molecular weight is 394 g/mol. The fraction of sp³-hybridized carbons (Fsp3) is 0.100. The number of fused-ring (bicyclic) bond motifs is 1. The van der Waals surface area contributed by atoms with Crippen molar-refractivity contribution in [3.63, 3.8) is 0 Å². The molecule has 1 N–H and O–H groups in total. The van der Waals surface area contributed by atoms with Crippen LogP contribution in [-0.2, 0) is 0 Å². The zero-order chi connectivity index (χ0) is 19.8. The number of nitrogens with zero attached hydrogens (tertiary/aromatic N) is 3. The van der Waals surface area contributed by atoms with E-state index in [1.54, 1.807) is 0 Å². The molecule has 8 heteroatoms. The number of thiazole rings is 1. The second-order valence-electron chi connectivity index (χ2n) is 6.29. The number of amides is 1. The molecule has 0 aliphatic heterocycles. The van der Waals surface area contributed by atoms with Crippen LogP contribution < -0.4 is 10.9 Å². The smallest absolute Gasteiger partial charge is 0.277 e. The molecule has 4 aromatic rings. The molecule has 0 unspecified atom stereocenters. The quantitative estimate of drug-likeness (QED) is 0.573. The summed E-state index contributed by atoms with van der Waals surface area (Å²) >= 11 is 1.06. The van der Waals surface area contributed by atoms with E-state index in [0.717, 1.165) is 28.2 Å². The van der Waals surface area contributed by atoms with Gasteiger partial charge in [0.05, 0.1) is 5.69 Å². The Bertz CT molecular complexity index is 1240. The largest absolute Gasteiger partial charge is 0.298 e. The summed E-state index contributed by atoms with van der Waals surface area (Å²) in [7, 11) is 0. The van der Waals surface area contributed by atoms with Gasteiger partial charge >= 0.3 is 0 Å². The molecule has 0 aliphatic carbocycles. The first-order chi connectivity index (χ1) is 13.4. The number of para-hydroxylation sites is 1. The van der Waals surface area contributed by atoms with Crippen molar-refractivity contribution in [3.8, 4) is 5.69 Å². The van der Waals surface area contributed by atoms with Gasteiger partial charge in [-0.05, 0) is 49.2 Å². The van der Waals surface area contributed by atoms with Crippen molar-refractivity contribution in [1.29, 1.82) is 0 Å². The molecule has 0 saturated carbocycles.